The third kappa shape index (κ3) is 6.30. The number of carbonyl (C=O) groups is 1. The predicted octanol–water partition coefficient (Wildman–Crippen LogP) is 5.92. The zero-order valence-electron chi connectivity index (χ0n) is 22.9. The molecule has 1 amide bonds. The number of hydrogen-bond acceptors (Lipinski definition) is 5. The highest BCUT2D eigenvalue weighted by Gasteiger charge is 2.35. The van der Waals surface area contributed by atoms with Gasteiger partial charge in [0.15, 0.2) is 0 Å². The van der Waals surface area contributed by atoms with Gasteiger partial charge in [-0.3, -0.25) is 4.79 Å². The number of nitrogens with zero attached hydrogens (tertiary/aromatic N) is 2. The Labute approximate surface area is 231 Å². The van der Waals surface area contributed by atoms with Gasteiger partial charge >= 0.3 is 0 Å². The van der Waals surface area contributed by atoms with Gasteiger partial charge in [-0.1, -0.05) is 55.7 Å². The number of rotatable bonds is 10. The fourth-order valence-corrected chi connectivity index (χ4v) is 7.27. The van der Waals surface area contributed by atoms with Crippen molar-refractivity contribution in [1.82, 2.24) is 9.21 Å². The lowest BCUT2D eigenvalue weighted by atomic mass is 10.0. The van der Waals surface area contributed by atoms with E-state index < -0.39 is 10.0 Å². The molecule has 2 aromatic carbocycles. The maximum absolute atomic E-state index is 13.8. The number of ether oxygens (including phenoxy) is 1. The molecule has 1 aliphatic heterocycles. The molecule has 0 spiro atoms. The highest BCUT2D eigenvalue weighted by Crippen LogP contribution is 2.34. The molecule has 1 aliphatic rings. The lowest BCUT2D eigenvalue weighted by Crippen LogP contribution is -2.48. The Kier molecular flexibility index (Phi) is 8.96. The number of hydrogen-bond donors (Lipinski definition) is 0. The van der Waals surface area contributed by atoms with Gasteiger partial charge in [0.1, 0.15) is 12.4 Å². The van der Waals surface area contributed by atoms with E-state index in [0.29, 0.717) is 19.7 Å². The van der Waals surface area contributed by atoms with E-state index in [0.717, 1.165) is 35.3 Å². The maximum atomic E-state index is 13.8. The number of carbonyl (C=O) groups excluding carboxylic acids is 1. The smallest absolute Gasteiger partial charge is 0.243 e. The lowest BCUT2D eigenvalue weighted by Gasteiger charge is -2.37. The first-order chi connectivity index (χ1) is 18.1. The van der Waals surface area contributed by atoms with Crippen molar-refractivity contribution in [2.45, 2.75) is 58.4 Å². The summed E-state index contributed by atoms with van der Waals surface area (Å²) in [4.78, 5) is 17.1. The van der Waals surface area contributed by atoms with Crippen LogP contribution in [0.2, 0.25) is 0 Å². The summed E-state index contributed by atoms with van der Waals surface area (Å²) >= 11 is 1.70. The van der Waals surface area contributed by atoms with Crippen LogP contribution in [0.4, 0.5) is 0 Å². The van der Waals surface area contributed by atoms with E-state index in [9.17, 15) is 13.2 Å². The Morgan fingerprint density at radius 2 is 1.82 bits per heavy atom. The minimum absolute atomic E-state index is 0.122. The van der Waals surface area contributed by atoms with Crippen molar-refractivity contribution in [2.75, 3.05) is 26.2 Å². The number of thiophene rings is 1. The minimum Gasteiger partial charge on any atom is -0.491 e. The van der Waals surface area contributed by atoms with Crippen molar-refractivity contribution < 1.29 is 17.9 Å². The minimum atomic E-state index is -3.83. The van der Waals surface area contributed by atoms with E-state index in [2.05, 4.69) is 17.5 Å². The first-order valence-electron chi connectivity index (χ1n) is 13.2. The largest absolute Gasteiger partial charge is 0.491 e. The van der Waals surface area contributed by atoms with Crippen LogP contribution in [-0.2, 0) is 21.2 Å². The molecule has 204 valence electrons. The van der Waals surface area contributed by atoms with Crippen LogP contribution in [0.15, 0.2) is 58.8 Å². The predicted molar refractivity (Wildman–Crippen MR) is 153 cm³/mol. The second kappa shape index (κ2) is 12.0. The molecule has 0 saturated heterocycles. The number of sulfonamides is 1. The van der Waals surface area contributed by atoms with Gasteiger partial charge in [-0.2, -0.15) is 4.31 Å². The molecule has 0 radical (unpaired) electrons. The standard InChI is InChI=1S/C30H38N2O4S2/c1-6-21(2)18-31(38(34,35)25-10-7-22(3)8-11-25)19-30(33)32-15-13-29-26(14-16-37-29)27(32)20-36-28-12-9-23(4)17-24(28)5/h7-12,14,16-17,21,27H,6,13,15,18-20H2,1-5H3/t21-,27-/m0/s1. The van der Waals surface area contributed by atoms with Crippen LogP contribution >= 0.6 is 11.3 Å². The summed E-state index contributed by atoms with van der Waals surface area (Å²) < 4.78 is 34.9. The molecule has 4 rings (SSSR count). The van der Waals surface area contributed by atoms with Gasteiger partial charge in [0.05, 0.1) is 17.5 Å². The Balaban J connectivity index is 1.59. The number of fused-ring (bicyclic) bond motifs is 1. The molecule has 8 heteroatoms. The lowest BCUT2D eigenvalue weighted by molar-refractivity contribution is -0.135. The van der Waals surface area contributed by atoms with Gasteiger partial charge in [0.2, 0.25) is 15.9 Å². The molecule has 0 aliphatic carbocycles. The van der Waals surface area contributed by atoms with Crippen LogP contribution in [0.3, 0.4) is 0 Å². The van der Waals surface area contributed by atoms with Crippen LogP contribution in [0.25, 0.3) is 0 Å². The molecule has 1 aromatic heterocycles. The monoisotopic (exact) mass is 554 g/mol. The van der Waals surface area contributed by atoms with E-state index in [4.69, 9.17) is 4.74 Å². The summed E-state index contributed by atoms with van der Waals surface area (Å²) in [7, 11) is -3.83. The molecule has 2 heterocycles. The van der Waals surface area contributed by atoms with E-state index in [1.54, 1.807) is 35.6 Å². The number of benzene rings is 2. The van der Waals surface area contributed by atoms with Crippen molar-refractivity contribution in [3.05, 3.63) is 81.0 Å². The molecule has 0 bridgehead atoms. The summed E-state index contributed by atoms with van der Waals surface area (Å²) in [6.07, 6.45) is 1.58. The molecule has 0 unspecified atom stereocenters. The molecule has 0 N–H and O–H groups in total. The summed E-state index contributed by atoms with van der Waals surface area (Å²) in [5.74, 6) is 0.720. The molecular weight excluding hydrogens is 516 g/mol. The zero-order valence-corrected chi connectivity index (χ0v) is 24.6. The highest BCUT2D eigenvalue weighted by atomic mass is 32.2. The van der Waals surface area contributed by atoms with Crippen LogP contribution in [0.5, 0.6) is 5.75 Å². The normalized spacial score (nSPS) is 16.4. The first kappa shape index (κ1) is 28.3. The topological polar surface area (TPSA) is 66.9 Å². The van der Waals surface area contributed by atoms with E-state index in [1.807, 2.05) is 51.7 Å². The van der Waals surface area contributed by atoms with Crippen LogP contribution < -0.4 is 4.74 Å². The van der Waals surface area contributed by atoms with Gasteiger partial charge < -0.3 is 9.64 Å². The van der Waals surface area contributed by atoms with Crippen molar-refractivity contribution in [3.63, 3.8) is 0 Å². The molecule has 6 nitrogen and oxygen atoms in total. The molecule has 0 saturated carbocycles. The fourth-order valence-electron chi connectivity index (χ4n) is 4.83. The average molecular weight is 555 g/mol. The number of amides is 1. The van der Waals surface area contributed by atoms with Crippen molar-refractivity contribution in [2.24, 2.45) is 5.92 Å². The Morgan fingerprint density at radius 3 is 2.50 bits per heavy atom. The zero-order chi connectivity index (χ0) is 27.4. The summed E-state index contributed by atoms with van der Waals surface area (Å²) in [5, 5.41) is 2.06. The van der Waals surface area contributed by atoms with Gasteiger partial charge in [0.25, 0.3) is 0 Å². The average Bonchev–Trinajstić information content (AvgIpc) is 3.37. The second-order valence-electron chi connectivity index (χ2n) is 10.4. The summed E-state index contributed by atoms with van der Waals surface area (Å²) in [5.41, 5.74) is 4.29. The highest BCUT2D eigenvalue weighted by molar-refractivity contribution is 7.89. The first-order valence-corrected chi connectivity index (χ1v) is 15.5. The van der Waals surface area contributed by atoms with Crippen molar-refractivity contribution in [3.8, 4) is 5.75 Å². The van der Waals surface area contributed by atoms with Gasteiger partial charge in [-0.05, 0) is 73.9 Å². The Hall–Kier alpha value is -2.68. The van der Waals surface area contributed by atoms with E-state index >= 15 is 0 Å². The third-order valence-corrected chi connectivity index (χ3v) is 10.1. The summed E-state index contributed by atoms with van der Waals surface area (Å²) in [6.45, 7) is 11.0. The van der Waals surface area contributed by atoms with Crippen molar-refractivity contribution in [1.29, 1.82) is 0 Å². The Morgan fingerprint density at radius 1 is 1.11 bits per heavy atom. The van der Waals surface area contributed by atoms with Crippen LogP contribution in [-0.4, -0.2) is 49.8 Å². The summed E-state index contributed by atoms with van der Waals surface area (Å²) in [6, 6.07) is 14.7. The van der Waals surface area contributed by atoms with Crippen LogP contribution in [0, 0.1) is 26.7 Å². The van der Waals surface area contributed by atoms with Crippen LogP contribution in [0.1, 0.15) is 53.4 Å². The fraction of sp³-hybridized carbons (Fsp3) is 0.433. The molecule has 2 atom stereocenters. The Bertz CT molecular complexity index is 1370. The molecule has 3 aromatic rings. The SMILES string of the molecule is CC[C@H](C)CN(CC(=O)N1CCc2sccc2[C@@H]1COc1ccc(C)cc1C)S(=O)(=O)c1ccc(C)cc1. The molecular formula is C30H38N2O4S2. The second-order valence-corrected chi connectivity index (χ2v) is 13.3. The van der Waals surface area contributed by atoms with Crippen molar-refractivity contribution >= 4 is 27.3 Å². The third-order valence-electron chi connectivity index (χ3n) is 7.32. The van der Waals surface area contributed by atoms with E-state index in [1.165, 1.54) is 14.7 Å². The molecule has 0 fully saturated rings. The number of aryl methyl sites for hydroxylation is 3. The van der Waals surface area contributed by atoms with Gasteiger partial charge in [0, 0.05) is 18.0 Å². The molecule has 38 heavy (non-hydrogen) atoms. The van der Waals surface area contributed by atoms with Gasteiger partial charge in [-0.15, -0.1) is 11.3 Å². The quantitative estimate of drug-likeness (QED) is 0.312. The maximum Gasteiger partial charge on any atom is 0.243 e. The van der Waals surface area contributed by atoms with Gasteiger partial charge in [-0.25, -0.2) is 8.42 Å². The van der Waals surface area contributed by atoms with E-state index in [-0.39, 0.29) is 29.3 Å².